The number of carbonyl (C=O) groups excluding carboxylic acids is 1. The highest BCUT2D eigenvalue weighted by Crippen LogP contribution is 2.42. The predicted octanol–water partition coefficient (Wildman–Crippen LogP) is 6.16. The van der Waals surface area contributed by atoms with Gasteiger partial charge in [-0.25, -0.2) is 0 Å². The maximum Gasteiger partial charge on any atom is 0.401 e. The molecule has 29 heavy (non-hydrogen) atoms. The van der Waals surface area contributed by atoms with Crippen molar-refractivity contribution in [2.24, 2.45) is 5.41 Å². The Kier molecular flexibility index (Phi) is 6.61. The molecule has 2 rings (SSSR count). The van der Waals surface area contributed by atoms with Gasteiger partial charge in [-0.3, -0.25) is 9.48 Å². The minimum Gasteiger partial charge on any atom is -0.434 e. The van der Waals surface area contributed by atoms with Gasteiger partial charge in [-0.05, 0) is 39.3 Å². The fraction of sp³-hybridized carbons (Fsp3) is 0.474. The first-order chi connectivity index (χ1) is 13.3. The van der Waals surface area contributed by atoms with Crippen LogP contribution in [0, 0.1) is 5.41 Å². The van der Waals surface area contributed by atoms with Crippen molar-refractivity contribution >= 4 is 17.4 Å². The zero-order chi connectivity index (χ0) is 22.1. The van der Waals surface area contributed by atoms with Gasteiger partial charge in [-0.1, -0.05) is 24.6 Å². The van der Waals surface area contributed by atoms with Crippen molar-refractivity contribution in [1.29, 1.82) is 0 Å². The molecule has 10 heteroatoms. The number of halogens is 6. The Balaban J connectivity index is 2.66. The zero-order valence-corrected chi connectivity index (χ0v) is 17.0. The Hall–Kier alpha value is -2.16. The lowest BCUT2D eigenvalue weighted by molar-refractivity contribution is -0.192. The van der Waals surface area contributed by atoms with E-state index in [0.717, 1.165) is 26.0 Å². The van der Waals surface area contributed by atoms with Gasteiger partial charge >= 0.3 is 12.8 Å². The molecule has 4 nitrogen and oxygen atoms in total. The summed E-state index contributed by atoms with van der Waals surface area (Å²) in [6.07, 6.45) is -4.33. The second kappa shape index (κ2) is 8.30. The molecule has 0 unspecified atom stereocenters. The van der Waals surface area contributed by atoms with Crippen LogP contribution in [0.2, 0.25) is 5.02 Å². The van der Waals surface area contributed by atoms with Crippen molar-refractivity contribution < 1.29 is 31.5 Å². The minimum atomic E-state index is -4.81. The molecule has 0 spiro atoms. The average Bonchev–Trinajstić information content (AvgIpc) is 2.95. The van der Waals surface area contributed by atoms with Crippen molar-refractivity contribution in [2.45, 2.75) is 53.4 Å². The Bertz CT molecular complexity index is 907. The molecule has 2 aromatic rings. The molecule has 0 fully saturated rings. The molecule has 0 aliphatic heterocycles. The number of benzene rings is 1. The summed E-state index contributed by atoms with van der Waals surface area (Å²) in [5.41, 5.74) is -2.18. The second-order valence-corrected chi connectivity index (χ2v) is 7.20. The van der Waals surface area contributed by atoms with Crippen LogP contribution < -0.4 is 4.74 Å². The fourth-order valence-corrected chi connectivity index (χ4v) is 3.11. The monoisotopic (exact) mass is 438 g/mol. The Morgan fingerprint density at radius 3 is 2.34 bits per heavy atom. The summed E-state index contributed by atoms with van der Waals surface area (Å²) in [4.78, 5) is 12.4. The summed E-state index contributed by atoms with van der Waals surface area (Å²) in [5.74, 6) is -1.72. The quantitative estimate of drug-likeness (QED) is 0.384. The summed E-state index contributed by atoms with van der Waals surface area (Å²) >= 11 is 6.34. The van der Waals surface area contributed by atoms with Crippen LogP contribution in [0.1, 0.15) is 43.7 Å². The summed E-state index contributed by atoms with van der Waals surface area (Å²) in [6.45, 7) is 2.16. The first-order valence-corrected chi connectivity index (χ1v) is 9.18. The Morgan fingerprint density at radius 2 is 1.86 bits per heavy atom. The van der Waals surface area contributed by atoms with Gasteiger partial charge in [0.05, 0.1) is 16.4 Å². The molecule has 1 aromatic carbocycles. The third-order valence-corrected chi connectivity index (χ3v) is 4.98. The normalized spacial score (nSPS) is 12.5. The fourth-order valence-electron chi connectivity index (χ4n) is 2.74. The van der Waals surface area contributed by atoms with Gasteiger partial charge in [0.1, 0.15) is 11.2 Å². The lowest BCUT2D eigenvalue weighted by atomic mass is 9.83. The number of rotatable bonds is 7. The van der Waals surface area contributed by atoms with E-state index in [2.05, 4.69) is 9.84 Å². The number of alkyl halides is 5. The number of carbonyl (C=O) groups is 1. The third kappa shape index (κ3) is 4.39. The maximum atomic E-state index is 13.2. The van der Waals surface area contributed by atoms with Crippen LogP contribution in [-0.2, 0) is 13.0 Å². The average molecular weight is 439 g/mol. The summed E-state index contributed by atoms with van der Waals surface area (Å²) in [7, 11) is 0. The topological polar surface area (TPSA) is 44.1 Å². The van der Waals surface area contributed by atoms with Crippen LogP contribution in [0.4, 0.5) is 22.0 Å². The highest BCUT2D eigenvalue weighted by atomic mass is 35.5. The van der Waals surface area contributed by atoms with Crippen LogP contribution in [0.25, 0.3) is 11.3 Å². The van der Waals surface area contributed by atoms with Crippen LogP contribution >= 0.6 is 11.6 Å². The van der Waals surface area contributed by atoms with Crippen molar-refractivity contribution in [3.8, 4) is 17.0 Å². The lowest BCUT2D eigenvalue weighted by Crippen LogP contribution is -2.39. The molecule has 0 radical (unpaired) electrons. The van der Waals surface area contributed by atoms with Crippen molar-refractivity contribution in [1.82, 2.24) is 9.78 Å². The van der Waals surface area contributed by atoms with E-state index >= 15 is 0 Å². The van der Waals surface area contributed by atoms with Gasteiger partial charge in [-0.15, -0.1) is 0 Å². The van der Waals surface area contributed by atoms with Crippen LogP contribution in [0.5, 0.6) is 5.75 Å². The summed E-state index contributed by atoms with van der Waals surface area (Å²) in [6, 6.07) is 3.26. The second-order valence-electron chi connectivity index (χ2n) is 6.82. The van der Waals surface area contributed by atoms with Crippen LogP contribution in [-0.4, -0.2) is 28.4 Å². The van der Waals surface area contributed by atoms with Gasteiger partial charge in [0.2, 0.25) is 0 Å². The van der Waals surface area contributed by atoms with E-state index in [1.807, 2.05) is 6.92 Å². The molecular weight excluding hydrogens is 419 g/mol. The smallest absolute Gasteiger partial charge is 0.401 e. The zero-order valence-electron chi connectivity index (χ0n) is 16.2. The Morgan fingerprint density at radius 1 is 1.24 bits per heavy atom. The van der Waals surface area contributed by atoms with Crippen molar-refractivity contribution in [3.63, 3.8) is 0 Å². The highest BCUT2D eigenvalue weighted by molar-refractivity contribution is 6.33. The van der Waals surface area contributed by atoms with Gasteiger partial charge in [0.15, 0.2) is 5.78 Å². The van der Waals surface area contributed by atoms with Gasteiger partial charge in [0, 0.05) is 17.7 Å². The first-order valence-electron chi connectivity index (χ1n) is 8.81. The number of hydrogen-bond donors (Lipinski definition) is 0. The van der Waals surface area contributed by atoms with Crippen LogP contribution in [0.3, 0.4) is 0 Å². The van der Waals surface area contributed by atoms with Crippen molar-refractivity contribution in [2.75, 3.05) is 0 Å². The first kappa shape index (κ1) is 23.1. The molecule has 1 heterocycles. The molecular formula is C19H20ClF5N2O2. The molecule has 0 saturated heterocycles. The molecule has 160 valence electrons. The maximum absolute atomic E-state index is 13.2. The van der Waals surface area contributed by atoms with E-state index in [4.69, 9.17) is 11.6 Å². The molecule has 0 aliphatic rings. The van der Waals surface area contributed by atoms with E-state index < -0.39 is 35.3 Å². The molecule has 0 atom stereocenters. The van der Waals surface area contributed by atoms with E-state index in [1.54, 1.807) is 6.92 Å². The number of hydrogen-bond acceptors (Lipinski definition) is 3. The number of Topliss-reactive ketones (excluding diaryl/α,β-unsaturated/α-hetero) is 1. The molecule has 0 aliphatic carbocycles. The minimum absolute atomic E-state index is 0.103. The van der Waals surface area contributed by atoms with Gasteiger partial charge < -0.3 is 4.74 Å². The largest absolute Gasteiger partial charge is 0.434 e. The number of ketones is 1. The van der Waals surface area contributed by atoms with E-state index in [-0.39, 0.29) is 16.3 Å². The van der Waals surface area contributed by atoms with E-state index in [0.29, 0.717) is 18.7 Å². The van der Waals surface area contributed by atoms with E-state index in [1.165, 1.54) is 10.7 Å². The molecule has 0 N–H and O–H groups in total. The van der Waals surface area contributed by atoms with Crippen LogP contribution in [0.15, 0.2) is 18.2 Å². The number of nitrogens with zero attached hydrogens (tertiary/aromatic N) is 2. The summed E-state index contributed by atoms with van der Waals surface area (Å²) in [5, 5.41) is 4.52. The standard InChI is InChI=1S/C19H20ClF5N2O2/c1-5-12-14(20)15(27(6-2)26-12)11-8-7-10(9-13(11)29-17(21)22)16(28)18(3,4)19(23,24)25/h7-9,17H,5-6H2,1-4H3. The predicted molar refractivity (Wildman–Crippen MR) is 98.5 cm³/mol. The summed E-state index contributed by atoms with van der Waals surface area (Å²) < 4.78 is 71.6. The molecule has 0 saturated carbocycles. The Labute approximate surface area is 169 Å². The third-order valence-electron chi connectivity index (χ3n) is 4.59. The highest BCUT2D eigenvalue weighted by Gasteiger charge is 2.52. The van der Waals surface area contributed by atoms with Gasteiger partial charge in [-0.2, -0.15) is 27.1 Å². The number of ether oxygens (including phenoxy) is 1. The van der Waals surface area contributed by atoms with Gasteiger partial charge in [0.25, 0.3) is 0 Å². The molecule has 0 amide bonds. The van der Waals surface area contributed by atoms with E-state index in [9.17, 15) is 26.7 Å². The van der Waals surface area contributed by atoms with Crippen molar-refractivity contribution in [3.05, 3.63) is 34.5 Å². The lowest BCUT2D eigenvalue weighted by Gasteiger charge is -2.26. The molecule has 0 bridgehead atoms. The number of aromatic nitrogens is 2. The SMILES string of the molecule is CCc1nn(CC)c(-c2ccc(C(=O)C(C)(C)C(F)(F)F)cc2OC(F)F)c1Cl. The number of aryl methyl sites for hydroxylation is 2. The molecule has 1 aromatic heterocycles.